The molecule has 0 spiro atoms. The Morgan fingerprint density at radius 1 is 1.02 bits per heavy atom. The van der Waals surface area contributed by atoms with Gasteiger partial charge in [-0.15, -0.1) is 0 Å². The molecular formula is C29H44O12. The molecule has 2 aliphatic heterocycles. The van der Waals surface area contributed by atoms with Gasteiger partial charge in [0.05, 0.1) is 47.6 Å². The number of rotatable bonds is 4. The first-order valence-corrected chi connectivity index (χ1v) is 14.9. The van der Waals surface area contributed by atoms with Crippen molar-refractivity contribution in [2.24, 2.45) is 28.6 Å². The maximum Gasteiger partial charge on any atom is 0.331 e. The first-order valence-electron chi connectivity index (χ1n) is 14.9. The third-order valence-electron chi connectivity index (χ3n) is 12.2. The van der Waals surface area contributed by atoms with Crippen LogP contribution >= 0.6 is 0 Å². The lowest BCUT2D eigenvalue weighted by atomic mass is 9.40. The van der Waals surface area contributed by atoms with Crippen LogP contribution in [-0.4, -0.2) is 120 Å². The van der Waals surface area contributed by atoms with Gasteiger partial charge in [-0.3, -0.25) is 0 Å². The summed E-state index contributed by atoms with van der Waals surface area (Å²) in [5.41, 5.74) is -4.46. The zero-order chi connectivity index (χ0) is 29.7. The Bertz CT molecular complexity index is 1080. The molecule has 2 unspecified atom stereocenters. The van der Waals surface area contributed by atoms with Crippen molar-refractivity contribution in [3.8, 4) is 0 Å². The number of hydrogen-bond donors (Lipinski definition) is 8. The van der Waals surface area contributed by atoms with E-state index < -0.39 is 95.5 Å². The van der Waals surface area contributed by atoms with Crippen LogP contribution < -0.4 is 0 Å². The van der Waals surface area contributed by atoms with Gasteiger partial charge in [-0.25, -0.2) is 4.79 Å². The second-order valence-electron chi connectivity index (χ2n) is 13.8. The zero-order valence-corrected chi connectivity index (χ0v) is 23.5. The number of fused-ring (bicyclic) bond motifs is 5. The topological polar surface area (TPSA) is 207 Å². The van der Waals surface area contributed by atoms with E-state index >= 15 is 0 Å². The summed E-state index contributed by atoms with van der Waals surface area (Å²) in [5.74, 6) is -1.93. The highest BCUT2D eigenvalue weighted by Crippen LogP contribution is 2.70. The van der Waals surface area contributed by atoms with Crippen molar-refractivity contribution in [3.05, 3.63) is 11.6 Å². The molecule has 0 aromatic rings. The van der Waals surface area contributed by atoms with Crippen molar-refractivity contribution in [3.63, 3.8) is 0 Å². The summed E-state index contributed by atoms with van der Waals surface area (Å²) in [4.78, 5) is 11.8. The quantitative estimate of drug-likeness (QED) is 0.140. The standard InChI is InChI=1S/C29H44O12/c1-13-22(34)23(35)24(36)25(40-13)41-15-8-19(32)28(12-30)21-17(3-5-27(28,37)9-15)29(38)6-4-16(14-7-20(33)39-11-14)26(29,2)10-18(21)31/h7,13,15-19,21-25,30-32,34-38H,3-6,8-12H2,1-2H3/t13-,15+,16-,17?,18-,19-,21?,22-,23+,24+,25+,26-,27+,28-,29+/m0/s1. The normalized spacial score (nSPS) is 56.9. The maximum absolute atomic E-state index is 12.4. The highest BCUT2D eigenvalue weighted by molar-refractivity contribution is 5.85. The van der Waals surface area contributed by atoms with Gasteiger partial charge in [0, 0.05) is 30.3 Å². The molecule has 0 aromatic heterocycles. The fourth-order valence-corrected chi connectivity index (χ4v) is 10.1. The van der Waals surface area contributed by atoms with E-state index in [1.165, 1.54) is 13.0 Å². The molecule has 12 heteroatoms. The first kappa shape index (κ1) is 29.9. The van der Waals surface area contributed by atoms with Crippen molar-refractivity contribution in [1.29, 1.82) is 0 Å². The molecule has 0 amide bonds. The number of ether oxygens (including phenoxy) is 3. The second kappa shape index (κ2) is 9.91. The molecule has 12 nitrogen and oxygen atoms in total. The lowest BCUT2D eigenvalue weighted by molar-refractivity contribution is -0.342. The molecule has 0 bridgehead atoms. The summed E-state index contributed by atoms with van der Waals surface area (Å²) in [7, 11) is 0. The minimum Gasteiger partial charge on any atom is -0.458 e. The Morgan fingerprint density at radius 3 is 2.41 bits per heavy atom. The van der Waals surface area contributed by atoms with Crippen LogP contribution in [-0.2, 0) is 19.0 Å². The van der Waals surface area contributed by atoms with E-state index in [0.29, 0.717) is 19.3 Å². The summed E-state index contributed by atoms with van der Waals surface area (Å²) in [6, 6.07) is 0. The second-order valence-corrected chi connectivity index (χ2v) is 13.8. The fraction of sp³-hybridized carbons (Fsp3) is 0.897. The third kappa shape index (κ3) is 3.99. The van der Waals surface area contributed by atoms with Gasteiger partial charge in [0.1, 0.15) is 24.9 Å². The van der Waals surface area contributed by atoms with Gasteiger partial charge in [-0.1, -0.05) is 6.92 Å². The highest BCUT2D eigenvalue weighted by Gasteiger charge is 2.75. The summed E-state index contributed by atoms with van der Waals surface area (Å²) in [6.07, 6.45) is -6.68. The van der Waals surface area contributed by atoms with Gasteiger partial charge in [-0.2, -0.15) is 0 Å². The summed E-state index contributed by atoms with van der Waals surface area (Å²) >= 11 is 0. The SMILES string of the molecule is C[C@@H]1O[C@H](O[C@@H]2C[C@H](O)[C@@]3(CO)C4C(CC[C@@]3(O)C2)[C@]2(O)CC[C@@H](C3=CC(=O)OC3)[C@]2(C)C[C@@H]4O)[C@H](O)[C@H](O)[C@H]1O. The third-order valence-corrected chi connectivity index (χ3v) is 12.2. The van der Waals surface area contributed by atoms with Crippen LogP contribution in [0.5, 0.6) is 0 Å². The molecule has 5 fully saturated rings. The van der Waals surface area contributed by atoms with Crippen molar-refractivity contribution in [1.82, 2.24) is 0 Å². The summed E-state index contributed by atoms with van der Waals surface area (Å²) in [6.45, 7) is 3.00. The molecule has 0 radical (unpaired) electrons. The van der Waals surface area contributed by atoms with Gasteiger partial charge in [0.25, 0.3) is 0 Å². The largest absolute Gasteiger partial charge is 0.458 e. The number of aliphatic hydroxyl groups excluding tert-OH is 6. The van der Waals surface area contributed by atoms with Crippen LogP contribution in [0.3, 0.4) is 0 Å². The molecule has 0 aromatic carbocycles. The Balaban J connectivity index is 1.28. The lowest BCUT2D eigenvalue weighted by Gasteiger charge is -2.68. The van der Waals surface area contributed by atoms with Crippen molar-refractivity contribution in [2.45, 2.75) is 119 Å². The number of esters is 1. The first-order chi connectivity index (χ1) is 19.2. The number of aliphatic hydroxyl groups is 8. The highest BCUT2D eigenvalue weighted by atomic mass is 16.7. The van der Waals surface area contributed by atoms with Crippen LogP contribution in [0.1, 0.15) is 58.8 Å². The van der Waals surface area contributed by atoms with E-state index in [2.05, 4.69) is 0 Å². The van der Waals surface area contributed by atoms with E-state index in [-0.39, 0.29) is 38.2 Å². The lowest BCUT2D eigenvalue weighted by Crippen LogP contribution is -2.76. The minimum absolute atomic E-state index is 0.0369. The van der Waals surface area contributed by atoms with Gasteiger partial charge >= 0.3 is 5.97 Å². The maximum atomic E-state index is 12.4. The number of hydrogen-bond acceptors (Lipinski definition) is 12. The van der Waals surface area contributed by atoms with Crippen molar-refractivity contribution < 1.29 is 59.9 Å². The van der Waals surface area contributed by atoms with Gasteiger partial charge < -0.3 is 55.1 Å². The summed E-state index contributed by atoms with van der Waals surface area (Å²) < 4.78 is 16.7. The minimum atomic E-state index is -1.67. The van der Waals surface area contributed by atoms with Gasteiger partial charge in [-0.05, 0) is 56.4 Å². The van der Waals surface area contributed by atoms with E-state index in [1.807, 2.05) is 6.92 Å². The zero-order valence-electron chi connectivity index (χ0n) is 23.5. The molecule has 232 valence electrons. The van der Waals surface area contributed by atoms with E-state index in [4.69, 9.17) is 14.2 Å². The molecule has 41 heavy (non-hydrogen) atoms. The number of carbonyl (C=O) groups is 1. The molecular weight excluding hydrogens is 540 g/mol. The molecule has 6 rings (SSSR count). The fourth-order valence-electron chi connectivity index (χ4n) is 10.1. The van der Waals surface area contributed by atoms with Gasteiger partial charge in [0.15, 0.2) is 6.29 Å². The molecule has 4 aliphatic carbocycles. The molecule has 1 saturated heterocycles. The van der Waals surface area contributed by atoms with Crippen molar-refractivity contribution in [2.75, 3.05) is 13.2 Å². The Morgan fingerprint density at radius 2 is 1.76 bits per heavy atom. The Hall–Kier alpha value is -1.19. The van der Waals surface area contributed by atoms with Crippen LogP contribution in [0, 0.1) is 28.6 Å². The van der Waals surface area contributed by atoms with Crippen LogP contribution in [0.2, 0.25) is 0 Å². The van der Waals surface area contributed by atoms with E-state index in [0.717, 1.165) is 5.57 Å². The van der Waals surface area contributed by atoms with Crippen molar-refractivity contribution >= 4 is 5.97 Å². The summed E-state index contributed by atoms with van der Waals surface area (Å²) in [5, 5.41) is 89.6. The number of carbonyl (C=O) groups excluding carboxylic acids is 1. The monoisotopic (exact) mass is 584 g/mol. The van der Waals surface area contributed by atoms with Crippen LogP contribution in [0.15, 0.2) is 11.6 Å². The van der Waals surface area contributed by atoms with Gasteiger partial charge in [0.2, 0.25) is 0 Å². The molecule has 8 N–H and O–H groups in total. The Kier molecular flexibility index (Phi) is 7.22. The van der Waals surface area contributed by atoms with Crippen LogP contribution in [0.4, 0.5) is 0 Å². The van der Waals surface area contributed by atoms with E-state index in [9.17, 15) is 45.6 Å². The molecule has 4 saturated carbocycles. The average molecular weight is 585 g/mol. The van der Waals surface area contributed by atoms with Crippen LogP contribution in [0.25, 0.3) is 0 Å². The smallest absolute Gasteiger partial charge is 0.331 e. The van der Waals surface area contributed by atoms with E-state index in [1.54, 1.807) is 0 Å². The molecule has 6 aliphatic rings. The molecule has 2 heterocycles. The Labute approximate surface area is 238 Å². The predicted octanol–water partition coefficient (Wildman–Crippen LogP) is -1.51. The predicted molar refractivity (Wildman–Crippen MR) is 139 cm³/mol. The number of cyclic esters (lactones) is 1. The molecule has 15 atom stereocenters. The average Bonchev–Trinajstić information content (AvgIpc) is 3.45.